The van der Waals surface area contributed by atoms with Gasteiger partial charge in [-0.15, -0.1) is 0 Å². The molecule has 1 aromatic heterocycles. The first-order chi connectivity index (χ1) is 10.9. The van der Waals surface area contributed by atoms with Gasteiger partial charge in [0.15, 0.2) is 11.5 Å². The van der Waals surface area contributed by atoms with Gasteiger partial charge < -0.3 is 14.5 Å². The standard InChI is InChI=1S/C19H21NO2/c1-2-3-11-21-19-13-17-16(9-10-20-17)12-18(19)22-14-15-7-5-4-6-8-15/h4-10,12-13,20H,2-3,11,14H2,1H3. The van der Waals surface area contributed by atoms with Crippen molar-refractivity contribution in [2.24, 2.45) is 0 Å². The van der Waals surface area contributed by atoms with Crippen LogP contribution in [-0.4, -0.2) is 11.6 Å². The van der Waals surface area contributed by atoms with Gasteiger partial charge in [0.1, 0.15) is 6.61 Å². The van der Waals surface area contributed by atoms with Crippen LogP contribution in [0.15, 0.2) is 54.7 Å². The van der Waals surface area contributed by atoms with Crippen LogP contribution in [0.25, 0.3) is 10.9 Å². The summed E-state index contributed by atoms with van der Waals surface area (Å²) >= 11 is 0. The van der Waals surface area contributed by atoms with E-state index >= 15 is 0 Å². The summed E-state index contributed by atoms with van der Waals surface area (Å²) < 4.78 is 11.9. The van der Waals surface area contributed by atoms with Crippen LogP contribution >= 0.6 is 0 Å². The van der Waals surface area contributed by atoms with Gasteiger partial charge in [0.2, 0.25) is 0 Å². The fourth-order valence-electron chi connectivity index (χ4n) is 2.35. The van der Waals surface area contributed by atoms with Crippen LogP contribution in [0.3, 0.4) is 0 Å². The molecule has 0 saturated carbocycles. The highest BCUT2D eigenvalue weighted by atomic mass is 16.5. The number of fused-ring (bicyclic) bond motifs is 1. The average molecular weight is 295 g/mol. The smallest absolute Gasteiger partial charge is 0.163 e. The Morgan fingerprint density at radius 1 is 0.955 bits per heavy atom. The van der Waals surface area contributed by atoms with Crippen molar-refractivity contribution in [3.8, 4) is 11.5 Å². The van der Waals surface area contributed by atoms with E-state index in [0.29, 0.717) is 13.2 Å². The van der Waals surface area contributed by atoms with E-state index in [1.54, 1.807) is 0 Å². The van der Waals surface area contributed by atoms with Crippen molar-refractivity contribution in [1.82, 2.24) is 4.98 Å². The average Bonchev–Trinajstić information content (AvgIpc) is 3.01. The second-order valence-corrected chi connectivity index (χ2v) is 5.34. The van der Waals surface area contributed by atoms with E-state index in [4.69, 9.17) is 9.47 Å². The fraction of sp³-hybridized carbons (Fsp3) is 0.263. The second kappa shape index (κ2) is 7.03. The van der Waals surface area contributed by atoms with Crippen molar-refractivity contribution in [2.45, 2.75) is 26.4 Å². The largest absolute Gasteiger partial charge is 0.490 e. The maximum absolute atomic E-state index is 5.99. The molecule has 0 aliphatic heterocycles. The maximum Gasteiger partial charge on any atom is 0.163 e. The molecular weight excluding hydrogens is 274 g/mol. The fourth-order valence-corrected chi connectivity index (χ4v) is 2.35. The molecule has 2 aromatic carbocycles. The van der Waals surface area contributed by atoms with Gasteiger partial charge in [-0.25, -0.2) is 0 Å². The molecule has 3 aromatic rings. The van der Waals surface area contributed by atoms with Crippen LogP contribution in [0.2, 0.25) is 0 Å². The molecule has 0 amide bonds. The summed E-state index contributed by atoms with van der Waals surface area (Å²) in [4.78, 5) is 3.22. The minimum Gasteiger partial charge on any atom is -0.490 e. The zero-order valence-electron chi connectivity index (χ0n) is 12.8. The van der Waals surface area contributed by atoms with E-state index in [-0.39, 0.29) is 0 Å². The molecule has 1 heterocycles. The van der Waals surface area contributed by atoms with Gasteiger partial charge >= 0.3 is 0 Å². The van der Waals surface area contributed by atoms with Crippen molar-refractivity contribution in [2.75, 3.05) is 6.61 Å². The molecule has 3 heteroatoms. The minimum absolute atomic E-state index is 0.543. The summed E-state index contributed by atoms with van der Waals surface area (Å²) in [6, 6.07) is 16.3. The van der Waals surface area contributed by atoms with E-state index in [0.717, 1.165) is 40.8 Å². The molecule has 0 fully saturated rings. The summed E-state index contributed by atoms with van der Waals surface area (Å²) in [7, 11) is 0. The Hall–Kier alpha value is -2.42. The van der Waals surface area contributed by atoms with E-state index in [9.17, 15) is 0 Å². The third-order valence-corrected chi connectivity index (χ3v) is 3.61. The predicted octanol–water partition coefficient (Wildman–Crippen LogP) is 4.93. The molecule has 0 atom stereocenters. The molecule has 3 nitrogen and oxygen atoms in total. The summed E-state index contributed by atoms with van der Waals surface area (Å²) in [5.74, 6) is 1.60. The lowest BCUT2D eigenvalue weighted by molar-refractivity contribution is 0.259. The Morgan fingerprint density at radius 3 is 2.59 bits per heavy atom. The first kappa shape index (κ1) is 14.5. The van der Waals surface area contributed by atoms with Gasteiger partial charge in [-0.1, -0.05) is 43.7 Å². The molecule has 0 spiro atoms. The zero-order valence-corrected chi connectivity index (χ0v) is 12.8. The first-order valence-corrected chi connectivity index (χ1v) is 7.77. The Bertz CT molecular complexity index is 719. The number of nitrogens with one attached hydrogen (secondary N) is 1. The van der Waals surface area contributed by atoms with Crippen LogP contribution in [0, 0.1) is 0 Å². The number of benzene rings is 2. The highest BCUT2D eigenvalue weighted by Gasteiger charge is 2.09. The summed E-state index contributed by atoms with van der Waals surface area (Å²) in [6.07, 6.45) is 4.09. The summed E-state index contributed by atoms with van der Waals surface area (Å²) in [5, 5.41) is 1.13. The van der Waals surface area contributed by atoms with Crippen molar-refractivity contribution in [1.29, 1.82) is 0 Å². The van der Waals surface area contributed by atoms with Gasteiger partial charge in [-0.05, 0) is 24.1 Å². The topological polar surface area (TPSA) is 34.2 Å². The summed E-state index contributed by atoms with van der Waals surface area (Å²) in [5.41, 5.74) is 2.22. The van der Waals surface area contributed by atoms with E-state index < -0.39 is 0 Å². The van der Waals surface area contributed by atoms with Gasteiger partial charge in [-0.2, -0.15) is 0 Å². The molecule has 0 unspecified atom stereocenters. The Labute approximate surface area is 130 Å². The van der Waals surface area contributed by atoms with Crippen LogP contribution in [0.5, 0.6) is 11.5 Å². The highest BCUT2D eigenvalue weighted by Crippen LogP contribution is 2.33. The number of H-pyrrole nitrogens is 1. The molecule has 0 radical (unpaired) electrons. The van der Waals surface area contributed by atoms with Crippen molar-refractivity contribution < 1.29 is 9.47 Å². The monoisotopic (exact) mass is 295 g/mol. The molecular formula is C19H21NO2. The van der Waals surface area contributed by atoms with Gasteiger partial charge in [0, 0.05) is 23.2 Å². The van der Waals surface area contributed by atoms with Crippen LogP contribution < -0.4 is 9.47 Å². The number of ether oxygens (including phenoxy) is 2. The SMILES string of the molecule is CCCCOc1cc2[nH]ccc2cc1OCc1ccccc1. The molecule has 0 aliphatic carbocycles. The first-order valence-electron chi connectivity index (χ1n) is 7.77. The number of hydrogen-bond donors (Lipinski definition) is 1. The normalized spacial score (nSPS) is 10.8. The van der Waals surface area contributed by atoms with E-state index in [1.165, 1.54) is 0 Å². The maximum atomic E-state index is 5.99. The van der Waals surface area contributed by atoms with Crippen LogP contribution in [0.4, 0.5) is 0 Å². The number of aromatic nitrogens is 1. The Balaban J connectivity index is 1.80. The third kappa shape index (κ3) is 3.42. The van der Waals surface area contributed by atoms with Gasteiger partial charge in [-0.3, -0.25) is 0 Å². The summed E-state index contributed by atoms with van der Waals surface area (Å²) in [6.45, 7) is 3.41. The molecule has 0 bridgehead atoms. The number of hydrogen-bond acceptors (Lipinski definition) is 2. The molecule has 3 rings (SSSR count). The Kier molecular flexibility index (Phi) is 4.64. The van der Waals surface area contributed by atoms with Crippen molar-refractivity contribution >= 4 is 10.9 Å². The molecule has 0 saturated heterocycles. The molecule has 0 aliphatic rings. The van der Waals surface area contributed by atoms with Crippen molar-refractivity contribution in [3.63, 3.8) is 0 Å². The lowest BCUT2D eigenvalue weighted by Crippen LogP contribution is -2.01. The zero-order chi connectivity index (χ0) is 15.2. The lowest BCUT2D eigenvalue weighted by atomic mass is 10.2. The minimum atomic E-state index is 0.543. The Morgan fingerprint density at radius 2 is 1.77 bits per heavy atom. The van der Waals surface area contributed by atoms with E-state index in [1.807, 2.05) is 42.6 Å². The molecule has 1 N–H and O–H groups in total. The van der Waals surface area contributed by atoms with Gasteiger partial charge in [0.05, 0.1) is 6.61 Å². The van der Waals surface area contributed by atoms with Crippen LogP contribution in [0.1, 0.15) is 25.3 Å². The number of rotatable bonds is 7. The van der Waals surface area contributed by atoms with Crippen molar-refractivity contribution in [3.05, 3.63) is 60.3 Å². The van der Waals surface area contributed by atoms with E-state index in [2.05, 4.69) is 24.0 Å². The molecule has 114 valence electrons. The number of unbranched alkanes of at least 4 members (excludes halogenated alkanes) is 1. The molecule has 22 heavy (non-hydrogen) atoms. The highest BCUT2D eigenvalue weighted by molar-refractivity contribution is 5.83. The van der Waals surface area contributed by atoms with Crippen LogP contribution in [-0.2, 0) is 6.61 Å². The third-order valence-electron chi connectivity index (χ3n) is 3.61. The van der Waals surface area contributed by atoms with Gasteiger partial charge in [0.25, 0.3) is 0 Å². The second-order valence-electron chi connectivity index (χ2n) is 5.34. The quantitative estimate of drug-likeness (QED) is 0.627. The lowest BCUT2D eigenvalue weighted by Gasteiger charge is -2.13. The predicted molar refractivity (Wildman–Crippen MR) is 89.5 cm³/mol. The number of aromatic amines is 1.